The summed E-state index contributed by atoms with van der Waals surface area (Å²) < 4.78 is 0.627. The highest BCUT2D eigenvalue weighted by molar-refractivity contribution is 9.10. The van der Waals surface area contributed by atoms with Crippen molar-refractivity contribution in [1.29, 1.82) is 0 Å². The molecule has 0 spiro atoms. The van der Waals surface area contributed by atoms with Gasteiger partial charge in [-0.2, -0.15) is 0 Å². The molecule has 0 aliphatic carbocycles. The summed E-state index contributed by atoms with van der Waals surface area (Å²) in [6.45, 7) is 7.88. The highest BCUT2D eigenvalue weighted by atomic mass is 79.9. The number of nitrogens with one attached hydrogen (secondary N) is 1. The number of rotatable bonds is 6. The Kier molecular flexibility index (Phi) is 6.38. The van der Waals surface area contributed by atoms with Crippen molar-refractivity contribution in [3.63, 3.8) is 0 Å². The number of nitro benzene ring substituents is 1. The number of phenols is 1. The van der Waals surface area contributed by atoms with E-state index in [1.54, 1.807) is 0 Å². The number of nitro groups is 1. The lowest BCUT2D eigenvalue weighted by atomic mass is 9.94. The van der Waals surface area contributed by atoms with Crippen LogP contribution in [-0.4, -0.2) is 41.1 Å². The Morgan fingerprint density at radius 2 is 2.00 bits per heavy atom. The van der Waals surface area contributed by atoms with Gasteiger partial charge in [0.25, 0.3) is 0 Å². The fraction of sp³-hybridized carbons (Fsp3) is 0.625. The second-order valence-electron chi connectivity index (χ2n) is 6.39. The van der Waals surface area contributed by atoms with E-state index in [0.717, 1.165) is 39.0 Å². The SMILES string of the molecule is CC(C)CC[C@@H](c1cc(Br)cc([N+](=O)[O-])c1O)N1CCNCC1. The Morgan fingerprint density at radius 1 is 1.35 bits per heavy atom. The molecule has 128 valence electrons. The first-order valence-corrected chi connectivity index (χ1v) is 8.81. The molecule has 1 fully saturated rings. The van der Waals surface area contributed by atoms with E-state index in [0.29, 0.717) is 16.0 Å². The van der Waals surface area contributed by atoms with Crippen molar-refractivity contribution < 1.29 is 10.0 Å². The molecule has 0 radical (unpaired) electrons. The Bertz CT molecular complexity index is 560. The summed E-state index contributed by atoms with van der Waals surface area (Å²) in [5.74, 6) is 0.343. The molecular weight excluding hydrogens is 362 g/mol. The van der Waals surface area contributed by atoms with Crippen LogP contribution in [0.4, 0.5) is 5.69 Å². The Morgan fingerprint density at radius 3 is 2.57 bits per heavy atom. The summed E-state index contributed by atoms with van der Waals surface area (Å²) in [5.41, 5.74) is 0.410. The van der Waals surface area contributed by atoms with Crippen LogP contribution in [0.25, 0.3) is 0 Å². The average molecular weight is 386 g/mol. The predicted octanol–water partition coefficient (Wildman–Crippen LogP) is 3.45. The normalized spacial score (nSPS) is 17.4. The number of piperazine rings is 1. The second kappa shape index (κ2) is 8.08. The maximum atomic E-state index is 11.2. The number of hydrogen-bond acceptors (Lipinski definition) is 5. The first kappa shape index (κ1) is 18.2. The molecule has 2 rings (SSSR count). The van der Waals surface area contributed by atoms with Gasteiger partial charge >= 0.3 is 5.69 Å². The van der Waals surface area contributed by atoms with Crippen molar-refractivity contribution in [2.75, 3.05) is 26.2 Å². The molecule has 0 amide bonds. The zero-order valence-electron chi connectivity index (χ0n) is 13.6. The lowest BCUT2D eigenvalue weighted by Gasteiger charge is -2.36. The molecule has 7 heteroatoms. The van der Waals surface area contributed by atoms with Gasteiger partial charge in [0.1, 0.15) is 0 Å². The highest BCUT2D eigenvalue weighted by Crippen LogP contribution is 2.40. The molecule has 0 aromatic heterocycles. The average Bonchev–Trinajstić information content (AvgIpc) is 2.51. The number of hydrogen-bond donors (Lipinski definition) is 2. The number of halogens is 1. The summed E-state index contributed by atoms with van der Waals surface area (Å²) >= 11 is 3.34. The zero-order valence-corrected chi connectivity index (χ0v) is 15.2. The van der Waals surface area contributed by atoms with Crippen LogP contribution in [0.3, 0.4) is 0 Å². The molecule has 1 aromatic rings. The smallest absolute Gasteiger partial charge is 0.312 e. The molecule has 1 saturated heterocycles. The maximum Gasteiger partial charge on any atom is 0.312 e. The third-order valence-electron chi connectivity index (χ3n) is 4.25. The minimum Gasteiger partial charge on any atom is -0.502 e. The monoisotopic (exact) mass is 385 g/mol. The van der Waals surface area contributed by atoms with Gasteiger partial charge in [0.15, 0.2) is 5.75 Å². The van der Waals surface area contributed by atoms with E-state index in [1.807, 2.05) is 6.07 Å². The van der Waals surface area contributed by atoms with E-state index in [9.17, 15) is 15.2 Å². The van der Waals surface area contributed by atoms with Crippen LogP contribution in [0.5, 0.6) is 5.75 Å². The van der Waals surface area contributed by atoms with Gasteiger partial charge in [-0.1, -0.05) is 29.8 Å². The Hall–Kier alpha value is -1.18. The van der Waals surface area contributed by atoms with Crippen LogP contribution in [0, 0.1) is 16.0 Å². The van der Waals surface area contributed by atoms with Gasteiger partial charge in [0.05, 0.1) is 4.92 Å². The molecule has 0 bridgehead atoms. The van der Waals surface area contributed by atoms with E-state index < -0.39 is 4.92 Å². The lowest BCUT2D eigenvalue weighted by Crippen LogP contribution is -2.45. The largest absolute Gasteiger partial charge is 0.502 e. The lowest BCUT2D eigenvalue weighted by molar-refractivity contribution is -0.386. The molecule has 1 aromatic carbocycles. The molecule has 0 unspecified atom stereocenters. The zero-order chi connectivity index (χ0) is 17.0. The number of phenolic OH excluding ortho intramolecular Hbond substituents is 1. The molecule has 0 saturated carbocycles. The molecular formula is C16H24BrN3O3. The molecule has 2 N–H and O–H groups in total. The van der Waals surface area contributed by atoms with E-state index in [1.165, 1.54) is 6.07 Å². The third-order valence-corrected chi connectivity index (χ3v) is 4.71. The molecule has 1 aliphatic rings. The summed E-state index contributed by atoms with van der Waals surface area (Å²) in [6, 6.07) is 3.17. The minimum absolute atomic E-state index is 0.00398. The van der Waals surface area contributed by atoms with Gasteiger partial charge in [-0.3, -0.25) is 15.0 Å². The van der Waals surface area contributed by atoms with E-state index in [4.69, 9.17) is 0 Å². The summed E-state index contributed by atoms with van der Waals surface area (Å²) in [7, 11) is 0. The molecule has 1 atom stereocenters. The van der Waals surface area contributed by atoms with Gasteiger partial charge < -0.3 is 10.4 Å². The number of nitrogens with zero attached hydrogens (tertiary/aromatic N) is 2. The second-order valence-corrected chi connectivity index (χ2v) is 7.31. The molecule has 1 heterocycles. The number of benzene rings is 1. The van der Waals surface area contributed by atoms with Gasteiger partial charge in [-0.05, 0) is 24.8 Å². The van der Waals surface area contributed by atoms with E-state index >= 15 is 0 Å². The molecule has 6 nitrogen and oxygen atoms in total. The first-order chi connectivity index (χ1) is 10.9. The van der Waals surface area contributed by atoms with Gasteiger partial charge in [0.2, 0.25) is 0 Å². The summed E-state index contributed by atoms with van der Waals surface area (Å²) in [6.07, 6.45) is 1.88. The van der Waals surface area contributed by atoms with Crippen LogP contribution < -0.4 is 5.32 Å². The van der Waals surface area contributed by atoms with Crippen molar-refractivity contribution >= 4 is 21.6 Å². The third kappa shape index (κ3) is 4.65. The quantitative estimate of drug-likeness (QED) is 0.579. The van der Waals surface area contributed by atoms with Crippen LogP contribution in [-0.2, 0) is 0 Å². The van der Waals surface area contributed by atoms with E-state index in [2.05, 4.69) is 40.0 Å². The van der Waals surface area contributed by atoms with E-state index in [-0.39, 0.29) is 17.5 Å². The highest BCUT2D eigenvalue weighted by Gasteiger charge is 2.29. The van der Waals surface area contributed by atoms with Crippen LogP contribution >= 0.6 is 15.9 Å². The van der Waals surface area contributed by atoms with Gasteiger partial charge in [0, 0.05) is 48.3 Å². The summed E-state index contributed by atoms with van der Waals surface area (Å²) in [4.78, 5) is 13.0. The summed E-state index contributed by atoms with van der Waals surface area (Å²) in [5, 5.41) is 25.0. The predicted molar refractivity (Wildman–Crippen MR) is 93.7 cm³/mol. The fourth-order valence-corrected chi connectivity index (χ4v) is 3.48. The Balaban J connectivity index is 2.38. The minimum atomic E-state index is -0.527. The van der Waals surface area contributed by atoms with Crippen molar-refractivity contribution in [1.82, 2.24) is 10.2 Å². The molecule has 23 heavy (non-hydrogen) atoms. The standard InChI is InChI=1S/C16H24BrN3O3/c1-11(2)3-4-14(19-7-5-18-6-8-19)13-9-12(17)10-15(16(13)21)20(22)23/h9-11,14,18,21H,3-8H2,1-2H3/t14-/m0/s1. The molecule has 1 aliphatic heterocycles. The van der Waals surface area contributed by atoms with Crippen molar-refractivity contribution in [2.24, 2.45) is 5.92 Å². The van der Waals surface area contributed by atoms with Crippen LogP contribution in [0.1, 0.15) is 38.3 Å². The van der Waals surface area contributed by atoms with Crippen molar-refractivity contribution in [3.05, 3.63) is 32.3 Å². The topological polar surface area (TPSA) is 78.6 Å². The fourth-order valence-electron chi connectivity index (χ4n) is 3.02. The van der Waals surface area contributed by atoms with Crippen molar-refractivity contribution in [2.45, 2.75) is 32.7 Å². The number of aromatic hydroxyl groups is 1. The van der Waals surface area contributed by atoms with Gasteiger partial charge in [-0.25, -0.2) is 0 Å². The first-order valence-electron chi connectivity index (χ1n) is 8.01. The van der Waals surface area contributed by atoms with Crippen molar-refractivity contribution in [3.8, 4) is 5.75 Å². The maximum absolute atomic E-state index is 11.2. The Labute approximate surface area is 145 Å². The van der Waals surface area contributed by atoms with Crippen LogP contribution in [0.2, 0.25) is 0 Å². The van der Waals surface area contributed by atoms with Crippen LogP contribution in [0.15, 0.2) is 16.6 Å². The van der Waals surface area contributed by atoms with Gasteiger partial charge in [-0.15, -0.1) is 0 Å².